The molecule has 0 bridgehead atoms. The number of rotatable bonds is 4. The van der Waals surface area contributed by atoms with Gasteiger partial charge in [0.15, 0.2) is 0 Å². The molecule has 0 aromatic carbocycles. The van der Waals surface area contributed by atoms with E-state index in [0.717, 1.165) is 23.1 Å². The van der Waals surface area contributed by atoms with Crippen molar-refractivity contribution in [3.8, 4) is 0 Å². The van der Waals surface area contributed by atoms with Gasteiger partial charge in [0, 0.05) is 32.4 Å². The molecule has 6 nitrogen and oxygen atoms in total. The fourth-order valence-electron chi connectivity index (χ4n) is 1.41. The molecule has 0 saturated carbocycles. The molecule has 90 valence electrons. The largest absolute Gasteiger partial charge is 0.369 e. The summed E-state index contributed by atoms with van der Waals surface area (Å²) >= 11 is 3.36. The first-order chi connectivity index (χ1) is 8.15. The van der Waals surface area contributed by atoms with E-state index in [2.05, 4.69) is 36.3 Å². The van der Waals surface area contributed by atoms with E-state index in [1.807, 2.05) is 19.3 Å². The van der Waals surface area contributed by atoms with Crippen LogP contribution in [0, 0.1) is 0 Å². The highest BCUT2D eigenvalue weighted by molar-refractivity contribution is 9.10. The van der Waals surface area contributed by atoms with Crippen molar-refractivity contribution in [1.29, 1.82) is 0 Å². The molecule has 0 aliphatic carbocycles. The molecule has 7 heteroatoms. The molecule has 0 atom stereocenters. The third kappa shape index (κ3) is 3.16. The molecule has 2 aromatic rings. The monoisotopic (exact) mass is 296 g/mol. The Hall–Kier alpha value is -1.63. The summed E-state index contributed by atoms with van der Waals surface area (Å²) in [6, 6.07) is 1.99. The molecule has 2 heterocycles. The molecular weight excluding hydrogens is 284 g/mol. The average Bonchev–Trinajstić information content (AvgIpc) is 2.69. The number of anilines is 2. The first-order valence-corrected chi connectivity index (χ1v) is 5.95. The predicted molar refractivity (Wildman–Crippen MR) is 69.5 cm³/mol. The lowest BCUT2D eigenvalue weighted by Crippen LogP contribution is -2.09. The molecule has 0 spiro atoms. The maximum atomic E-state index is 5.51. The van der Waals surface area contributed by atoms with Gasteiger partial charge in [-0.05, 0) is 22.0 Å². The van der Waals surface area contributed by atoms with Crippen LogP contribution in [0.15, 0.2) is 22.9 Å². The molecule has 0 radical (unpaired) electrons. The summed E-state index contributed by atoms with van der Waals surface area (Å²) in [6.07, 6.45) is 4.39. The first kappa shape index (κ1) is 11.8. The highest BCUT2D eigenvalue weighted by atomic mass is 79.9. The van der Waals surface area contributed by atoms with Gasteiger partial charge in [0.1, 0.15) is 5.82 Å². The zero-order chi connectivity index (χ0) is 12.3. The van der Waals surface area contributed by atoms with E-state index in [1.54, 1.807) is 10.9 Å². The SMILES string of the molecule is Cn1ccc(CCNc2nc(N)ncc2Br)n1. The Balaban J connectivity index is 1.91. The van der Waals surface area contributed by atoms with Gasteiger partial charge in [0.25, 0.3) is 0 Å². The van der Waals surface area contributed by atoms with Crippen LogP contribution in [0.5, 0.6) is 0 Å². The van der Waals surface area contributed by atoms with Gasteiger partial charge in [-0.15, -0.1) is 0 Å². The van der Waals surface area contributed by atoms with Crippen LogP contribution in [-0.2, 0) is 13.5 Å². The minimum atomic E-state index is 0.258. The van der Waals surface area contributed by atoms with Gasteiger partial charge in [-0.1, -0.05) is 0 Å². The van der Waals surface area contributed by atoms with Gasteiger partial charge < -0.3 is 11.1 Å². The van der Waals surface area contributed by atoms with Crippen LogP contribution in [0.1, 0.15) is 5.69 Å². The second-order valence-corrected chi connectivity index (χ2v) is 4.44. The second-order valence-electron chi connectivity index (χ2n) is 3.58. The van der Waals surface area contributed by atoms with Gasteiger partial charge in [-0.25, -0.2) is 4.98 Å². The lowest BCUT2D eigenvalue weighted by Gasteiger charge is -2.06. The van der Waals surface area contributed by atoms with Crippen LogP contribution in [0.3, 0.4) is 0 Å². The van der Waals surface area contributed by atoms with Gasteiger partial charge in [0.05, 0.1) is 10.2 Å². The first-order valence-electron chi connectivity index (χ1n) is 5.15. The number of nitrogens with two attached hydrogens (primary N) is 1. The van der Waals surface area contributed by atoms with E-state index in [9.17, 15) is 0 Å². The summed E-state index contributed by atoms with van der Waals surface area (Å²) in [5.41, 5.74) is 6.55. The third-order valence-corrected chi connectivity index (χ3v) is 2.79. The van der Waals surface area contributed by atoms with Crippen LogP contribution in [0.25, 0.3) is 0 Å². The standard InChI is InChI=1S/C10H13BrN6/c1-17-5-3-7(16-17)2-4-13-9-8(11)6-14-10(12)15-9/h3,5-6H,2,4H2,1H3,(H3,12,13,14,15). The van der Waals surface area contributed by atoms with Crippen molar-refractivity contribution in [3.63, 3.8) is 0 Å². The third-order valence-electron chi connectivity index (χ3n) is 2.21. The maximum absolute atomic E-state index is 5.51. The van der Waals surface area contributed by atoms with Crippen molar-refractivity contribution in [2.45, 2.75) is 6.42 Å². The van der Waals surface area contributed by atoms with Crippen LogP contribution in [-0.4, -0.2) is 26.3 Å². The summed E-state index contributed by atoms with van der Waals surface area (Å²) in [4.78, 5) is 7.97. The molecule has 0 aliphatic heterocycles. The molecule has 0 amide bonds. The van der Waals surface area contributed by atoms with Gasteiger partial charge in [-0.3, -0.25) is 4.68 Å². The Morgan fingerprint density at radius 1 is 1.53 bits per heavy atom. The van der Waals surface area contributed by atoms with Crippen molar-refractivity contribution in [1.82, 2.24) is 19.7 Å². The van der Waals surface area contributed by atoms with Gasteiger partial charge >= 0.3 is 0 Å². The van der Waals surface area contributed by atoms with Crippen LogP contribution in [0.2, 0.25) is 0 Å². The second kappa shape index (κ2) is 5.13. The molecule has 2 rings (SSSR count). The fraction of sp³-hybridized carbons (Fsp3) is 0.300. The Labute approximate surface area is 107 Å². The van der Waals surface area contributed by atoms with E-state index < -0.39 is 0 Å². The number of aryl methyl sites for hydroxylation is 1. The van der Waals surface area contributed by atoms with Crippen molar-refractivity contribution in [2.24, 2.45) is 7.05 Å². The van der Waals surface area contributed by atoms with Gasteiger partial charge in [0.2, 0.25) is 5.95 Å². The van der Waals surface area contributed by atoms with Crippen molar-refractivity contribution in [2.75, 3.05) is 17.6 Å². The van der Waals surface area contributed by atoms with Crippen molar-refractivity contribution in [3.05, 3.63) is 28.6 Å². The molecule has 0 fully saturated rings. The molecule has 17 heavy (non-hydrogen) atoms. The molecule has 3 N–H and O–H groups in total. The number of nitrogens with zero attached hydrogens (tertiary/aromatic N) is 4. The van der Waals surface area contributed by atoms with Crippen LogP contribution >= 0.6 is 15.9 Å². The maximum Gasteiger partial charge on any atom is 0.221 e. The number of hydrogen-bond acceptors (Lipinski definition) is 5. The van der Waals surface area contributed by atoms with E-state index >= 15 is 0 Å². The number of nitrogens with one attached hydrogen (secondary N) is 1. The Bertz CT molecular complexity index is 509. The highest BCUT2D eigenvalue weighted by Crippen LogP contribution is 2.18. The number of aromatic nitrogens is 4. The summed E-state index contributed by atoms with van der Waals surface area (Å²) in [5, 5.41) is 7.47. The molecule has 0 aliphatic rings. The Morgan fingerprint density at radius 3 is 3.06 bits per heavy atom. The van der Waals surface area contributed by atoms with E-state index in [-0.39, 0.29) is 5.95 Å². The number of halogens is 1. The molecular formula is C10H13BrN6. The quantitative estimate of drug-likeness (QED) is 0.886. The van der Waals surface area contributed by atoms with Crippen LogP contribution in [0.4, 0.5) is 11.8 Å². The number of hydrogen-bond donors (Lipinski definition) is 2. The smallest absolute Gasteiger partial charge is 0.221 e. The Kier molecular flexibility index (Phi) is 3.58. The van der Waals surface area contributed by atoms with E-state index in [1.165, 1.54) is 0 Å². The zero-order valence-corrected chi connectivity index (χ0v) is 11.0. The highest BCUT2D eigenvalue weighted by Gasteiger charge is 2.03. The minimum Gasteiger partial charge on any atom is -0.369 e. The predicted octanol–water partition coefficient (Wildman–Crippen LogP) is 1.21. The summed E-state index contributed by atoms with van der Waals surface area (Å²) in [7, 11) is 1.90. The fourth-order valence-corrected chi connectivity index (χ4v) is 1.74. The summed E-state index contributed by atoms with van der Waals surface area (Å²) in [6.45, 7) is 0.742. The van der Waals surface area contributed by atoms with Crippen molar-refractivity contribution >= 4 is 27.7 Å². The van der Waals surface area contributed by atoms with Crippen LogP contribution < -0.4 is 11.1 Å². The summed E-state index contributed by atoms with van der Waals surface area (Å²) in [5.74, 6) is 0.960. The molecule has 2 aromatic heterocycles. The summed E-state index contributed by atoms with van der Waals surface area (Å²) < 4.78 is 2.58. The Morgan fingerprint density at radius 2 is 2.35 bits per heavy atom. The molecule has 0 unspecified atom stereocenters. The van der Waals surface area contributed by atoms with Gasteiger partial charge in [-0.2, -0.15) is 10.1 Å². The average molecular weight is 297 g/mol. The van der Waals surface area contributed by atoms with Crippen molar-refractivity contribution < 1.29 is 0 Å². The molecule has 0 saturated heterocycles. The normalized spacial score (nSPS) is 10.5. The lowest BCUT2D eigenvalue weighted by molar-refractivity contribution is 0.742. The minimum absolute atomic E-state index is 0.258. The topological polar surface area (TPSA) is 81.7 Å². The zero-order valence-electron chi connectivity index (χ0n) is 9.39. The van der Waals surface area contributed by atoms with E-state index in [0.29, 0.717) is 5.82 Å². The van der Waals surface area contributed by atoms with E-state index in [4.69, 9.17) is 5.73 Å². The number of nitrogen functional groups attached to an aromatic ring is 1. The lowest BCUT2D eigenvalue weighted by atomic mass is 10.3.